The number of ether oxygens (including phenoxy) is 2. The lowest BCUT2D eigenvalue weighted by Crippen LogP contribution is -2.29. The normalized spacial score (nSPS) is 14.1. The molecule has 0 aliphatic carbocycles. The molecule has 0 aromatic carbocycles. The number of aliphatic hydroxyl groups excluding tert-OH is 1. The molecule has 2 atom stereocenters. The van der Waals surface area contributed by atoms with E-state index in [1.54, 1.807) is 0 Å². The van der Waals surface area contributed by atoms with E-state index in [1.807, 2.05) is 19.1 Å². The van der Waals surface area contributed by atoms with Crippen LogP contribution in [-0.4, -0.2) is 52.3 Å². The summed E-state index contributed by atoms with van der Waals surface area (Å²) in [7, 11) is -4.78. The Morgan fingerprint density at radius 1 is 0.588 bits per heavy atom. The lowest BCUT2D eigenvalue weighted by Gasteiger charge is -2.18. The molecule has 0 saturated heterocycles. The van der Waals surface area contributed by atoms with Gasteiger partial charge < -0.3 is 24.4 Å². The maximum absolute atomic E-state index is 12.4. The highest BCUT2D eigenvalue weighted by Crippen LogP contribution is 2.35. The Morgan fingerprint density at radius 3 is 1.57 bits per heavy atom. The zero-order valence-corrected chi connectivity index (χ0v) is 32.2. The maximum atomic E-state index is 12.4. The molecule has 0 saturated carbocycles. The van der Waals surface area contributed by atoms with Gasteiger partial charge in [-0.05, 0) is 96.8 Å². The molecule has 0 unspecified atom stereocenters. The number of hydrogen-bond donors (Lipinski definition) is 3. The molecule has 0 fully saturated rings. The van der Waals surface area contributed by atoms with E-state index in [9.17, 15) is 19.3 Å². The zero-order valence-electron chi connectivity index (χ0n) is 31.3. The highest BCUT2D eigenvalue weighted by molar-refractivity contribution is 7.46. The van der Waals surface area contributed by atoms with E-state index < -0.39 is 32.5 Å². The van der Waals surface area contributed by atoms with Crippen LogP contribution in [0.2, 0.25) is 0 Å². The third-order valence-corrected chi connectivity index (χ3v) is 7.90. The standard InChI is InChI=1S/C41H67O9P/c1-3-4-5-6-7-8-9-10-12-17-20-23-26-29-32-35-41(44)50-39(37-49-51(45,46)47)36-48-40(43)34-31-28-25-22-19-16-14-11-13-15-18-21-24-27-30-33-38(2)42/h4-5,7-8,10,12-16,21-22,24-25,38-39,42H,3,6,9,11,17-20,23,26-37H2,1-2H3,(H2,45,46,47)/b5-4-,8-7-,12-10-,15-13-,16-14-,24-21-,25-22-/t38-,39-/m1/s1. The van der Waals surface area contributed by atoms with Crippen LogP contribution in [0.15, 0.2) is 85.1 Å². The van der Waals surface area contributed by atoms with Crippen LogP contribution in [0.3, 0.4) is 0 Å². The van der Waals surface area contributed by atoms with E-state index in [4.69, 9.17) is 19.3 Å². The molecular weight excluding hydrogens is 667 g/mol. The molecule has 0 radical (unpaired) electrons. The van der Waals surface area contributed by atoms with Gasteiger partial charge in [0.25, 0.3) is 0 Å². The Hall–Kier alpha value is -2.81. The van der Waals surface area contributed by atoms with Gasteiger partial charge in [-0.1, -0.05) is 111 Å². The zero-order chi connectivity index (χ0) is 37.7. The second-order valence-electron chi connectivity index (χ2n) is 12.4. The summed E-state index contributed by atoms with van der Waals surface area (Å²) in [5.41, 5.74) is 0. The molecule has 0 aliphatic rings. The molecule has 0 heterocycles. The average molecular weight is 735 g/mol. The molecule has 290 valence electrons. The van der Waals surface area contributed by atoms with Crippen molar-refractivity contribution >= 4 is 19.8 Å². The van der Waals surface area contributed by atoms with Crippen molar-refractivity contribution < 1.29 is 43.0 Å². The van der Waals surface area contributed by atoms with E-state index in [2.05, 4.69) is 84.4 Å². The lowest BCUT2D eigenvalue weighted by atomic mass is 10.1. The molecule has 0 aliphatic heterocycles. The monoisotopic (exact) mass is 734 g/mol. The minimum atomic E-state index is -4.78. The van der Waals surface area contributed by atoms with Crippen LogP contribution in [0.4, 0.5) is 0 Å². The SMILES string of the molecule is CC/C=C\C/C=C\C/C=C\CCCCCCCC(=O)O[C@H](COC(=O)CCC/C=C\C/C=C\C/C=C\C/C=C\CCC[C@@H](C)O)COP(=O)(O)O. The molecule has 0 rings (SSSR count). The summed E-state index contributed by atoms with van der Waals surface area (Å²) >= 11 is 0. The van der Waals surface area contributed by atoms with Crippen molar-refractivity contribution in [2.75, 3.05) is 13.2 Å². The number of phosphoric ester groups is 1. The Morgan fingerprint density at radius 2 is 1.04 bits per heavy atom. The van der Waals surface area contributed by atoms with Gasteiger partial charge in [-0.3, -0.25) is 14.1 Å². The average Bonchev–Trinajstić information content (AvgIpc) is 3.08. The molecule has 0 spiro atoms. The number of rotatable bonds is 33. The predicted molar refractivity (Wildman–Crippen MR) is 208 cm³/mol. The first-order valence-electron chi connectivity index (χ1n) is 18.9. The van der Waals surface area contributed by atoms with Gasteiger partial charge in [0, 0.05) is 12.8 Å². The van der Waals surface area contributed by atoms with Gasteiger partial charge >= 0.3 is 19.8 Å². The van der Waals surface area contributed by atoms with Crippen LogP contribution < -0.4 is 0 Å². The fourth-order valence-corrected chi connectivity index (χ4v) is 4.99. The second-order valence-corrected chi connectivity index (χ2v) is 13.7. The number of unbranched alkanes of at least 4 members (excludes halogenated alkanes) is 7. The van der Waals surface area contributed by atoms with Crippen molar-refractivity contribution in [3.05, 3.63) is 85.1 Å². The van der Waals surface area contributed by atoms with Gasteiger partial charge in [-0.15, -0.1) is 0 Å². The number of carbonyl (C=O) groups is 2. The Kier molecular flexibility index (Phi) is 33.6. The van der Waals surface area contributed by atoms with Crippen LogP contribution in [0.1, 0.15) is 136 Å². The maximum Gasteiger partial charge on any atom is 0.469 e. The van der Waals surface area contributed by atoms with Gasteiger partial charge in [0.05, 0.1) is 12.7 Å². The van der Waals surface area contributed by atoms with Gasteiger partial charge in [0.1, 0.15) is 6.61 Å². The van der Waals surface area contributed by atoms with Gasteiger partial charge in [0.15, 0.2) is 6.10 Å². The number of allylic oxidation sites excluding steroid dienone is 14. The molecule has 0 bridgehead atoms. The first-order valence-corrected chi connectivity index (χ1v) is 20.4. The molecule has 9 nitrogen and oxygen atoms in total. The number of aliphatic hydroxyl groups is 1. The van der Waals surface area contributed by atoms with Crippen LogP contribution in [-0.2, 0) is 28.2 Å². The Labute approximate surface area is 308 Å². The highest BCUT2D eigenvalue weighted by atomic mass is 31.2. The third-order valence-electron chi connectivity index (χ3n) is 7.42. The summed E-state index contributed by atoms with van der Waals surface area (Å²) in [6.07, 6.45) is 44.4. The van der Waals surface area contributed by atoms with Gasteiger partial charge in [0.2, 0.25) is 0 Å². The van der Waals surface area contributed by atoms with Crippen molar-refractivity contribution in [2.45, 2.75) is 148 Å². The van der Waals surface area contributed by atoms with E-state index in [1.165, 1.54) is 0 Å². The number of carbonyl (C=O) groups excluding carboxylic acids is 2. The Balaban J connectivity index is 4.12. The van der Waals surface area contributed by atoms with Gasteiger partial charge in [-0.2, -0.15) is 0 Å². The highest BCUT2D eigenvalue weighted by Gasteiger charge is 2.22. The fourth-order valence-electron chi connectivity index (χ4n) is 4.63. The molecule has 3 N–H and O–H groups in total. The van der Waals surface area contributed by atoms with E-state index in [0.717, 1.165) is 89.9 Å². The molecule has 0 amide bonds. The predicted octanol–water partition coefficient (Wildman–Crippen LogP) is 10.3. The minimum absolute atomic E-state index is 0.169. The number of esters is 2. The number of hydrogen-bond acceptors (Lipinski definition) is 7. The first kappa shape index (κ1) is 48.2. The summed E-state index contributed by atoms with van der Waals surface area (Å²) in [6, 6.07) is 0. The van der Waals surface area contributed by atoms with E-state index >= 15 is 0 Å². The summed E-state index contributed by atoms with van der Waals surface area (Å²) in [5, 5.41) is 9.24. The molecule has 51 heavy (non-hydrogen) atoms. The van der Waals surface area contributed by atoms with Gasteiger partial charge in [-0.25, -0.2) is 4.57 Å². The third kappa shape index (κ3) is 39.8. The van der Waals surface area contributed by atoms with E-state index in [0.29, 0.717) is 19.3 Å². The van der Waals surface area contributed by atoms with Crippen LogP contribution in [0, 0.1) is 0 Å². The number of phosphoric acid groups is 1. The minimum Gasteiger partial charge on any atom is -0.462 e. The second kappa shape index (κ2) is 35.6. The topological polar surface area (TPSA) is 140 Å². The van der Waals surface area contributed by atoms with Crippen molar-refractivity contribution in [2.24, 2.45) is 0 Å². The van der Waals surface area contributed by atoms with Crippen molar-refractivity contribution in [3.63, 3.8) is 0 Å². The van der Waals surface area contributed by atoms with E-state index in [-0.39, 0.29) is 25.6 Å². The molecular formula is C41H67O9P. The quantitative estimate of drug-likeness (QED) is 0.0260. The first-order chi connectivity index (χ1) is 24.6. The van der Waals surface area contributed by atoms with Crippen LogP contribution >= 0.6 is 7.82 Å². The summed E-state index contributed by atoms with van der Waals surface area (Å²) in [6.45, 7) is 3.04. The van der Waals surface area contributed by atoms with Crippen LogP contribution in [0.5, 0.6) is 0 Å². The summed E-state index contributed by atoms with van der Waals surface area (Å²) < 4.78 is 26.2. The molecule has 0 aromatic rings. The smallest absolute Gasteiger partial charge is 0.462 e. The van der Waals surface area contributed by atoms with Crippen LogP contribution in [0.25, 0.3) is 0 Å². The Bertz CT molecular complexity index is 1110. The largest absolute Gasteiger partial charge is 0.469 e. The summed E-state index contributed by atoms with van der Waals surface area (Å²) in [5.74, 6) is -0.997. The fraction of sp³-hybridized carbons (Fsp3) is 0.610. The van der Waals surface area contributed by atoms with Crippen molar-refractivity contribution in [1.82, 2.24) is 0 Å². The van der Waals surface area contributed by atoms with Crippen molar-refractivity contribution in [1.29, 1.82) is 0 Å². The lowest BCUT2D eigenvalue weighted by molar-refractivity contribution is -0.161. The van der Waals surface area contributed by atoms with Crippen molar-refractivity contribution in [3.8, 4) is 0 Å². The summed E-state index contributed by atoms with van der Waals surface area (Å²) in [4.78, 5) is 42.7. The molecule has 10 heteroatoms. The molecule has 0 aromatic heterocycles.